The van der Waals surface area contributed by atoms with E-state index < -0.39 is 5.82 Å². The Kier molecular flexibility index (Phi) is 3.49. The molecule has 0 aromatic heterocycles. The Balaban J connectivity index is 2.87. The third-order valence-corrected chi connectivity index (χ3v) is 1.56. The summed E-state index contributed by atoms with van der Waals surface area (Å²) < 4.78 is 17.8. The van der Waals surface area contributed by atoms with E-state index in [1.165, 1.54) is 12.1 Å². The van der Waals surface area contributed by atoms with E-state index in [1.54, 1.807) is 0 Å². The highest BCUT2D eigenvalue weighted by atomic mass is 35.5. The normalized spacial score (nSPS) is 9.21. The van der Waals surface area contributed by atoms with Crippen molar-refractivity contribution in [1.82, 2.24) is 0 Å². The van der Waals surface area contributed by atoms with Crippen LogP contribution < -0.4 is 4.74 Å². The number of ether oxygens (including phenoxy) is 1. The molecular formula is C10H7ClFNO. The minimum absolute atomic E-state index is 0.0991. The maximum atomic E-state index is 12.7. The SMILES string of the molecule is C=C(Cl)COc1ccc(F)cc1C#N. The Morgan fingerprint density at radius 1 is 1.64 bits per heavy atom. The topological polar surface area (TPSA) is 33.0 Å². The maximum Gasteiger partial charge on any atom is 0.137 e. The first kappa shape index (κ1) is 10.6. The summed E-state index contributed by atoms with van der Waals surface area (Å²) in [7, 11) is 0. The lowest BCUT2D eigenvalue weighted by Gasteiger charge is -2.05. The van der Waals surface area contributed by atoms with Crippen molar-refractivity contribution >= 4 is 11.6 Å². The molecule has 0 N–H and O–H groups in total. The van der Waals surface area contributed by atoms with Crippen molar-refractivity contribution in [3.63, 3.8) is 0 Å². The lowest BCUT2D eigenvalue weighted by Crippen LogP contribution is -1.98. The molecule has 4 heteroatoms. The van der Waals surface area contributed by atoms with Crippen LogP contribution in [0.15, 0.2) is 29.8 Å². The smallest absolute Gasteiger partial charge is 0.137 e. The molecule has 0 aliphatic carbocycles. The summed E-state index contributed by atoms with van der Waals surface area (Å²) in [6.45, 7) is 3.53. The molecule has 0 bridgehead atoms. The van der Waals surface area contributed by atoms with Gasteiger partial charge in [-0.2, -0.15) is 5.26 Å². The van der Waals surface area contributed by atoms with Gasteiger partial charge in [0, 0.05) is 5.03 Å². The van der Waals surface area contributed by atoms with Gasteiger partial charge in [-0.3, -0.25) is 0 Å². The van der Waals surface area contributed by atoms with E-state index in [0.29, 0.717) is 10.8 Å². The standard InChI is InChI=1S/C10H7ClFNO/c1-7(11)6-14-10-3-2-9(12)4-8(10)5-13/h2-4H,1,6H2. The van der Waals surface area contributed by atoms with Crippen LogP contribution in [0.5, 0.6) is 5.75 Å². The van der Waals surface area contributed by atoms with Gasteiger partial charge < -0.3 is 4.74 Å². The highest BCUT2D eigenvalue weighted by Crippen LogP contribution is 2.19. The van der Waals surface area contributed by atoms with Crippen LogP contribution in [0.1, 0.15) is 5.56 Å². The Hall–Kier alpha value is -1.53. The Morgan fingerprint density at radius 3 is 2.93 bits per heavy atom. The molecule has 0 aliphatic rings. The molecular weight excluding hydrogens is 205 g/mol. The van der Waals surface area contributed by atoms with Crippen LogP contribution in [0.2, 0.25) is 0 Å². The predicted molar refractivity (Wildman–Crippen MR) is 51.6 cm³/mol. The summed E-state index contributed by atoms with van der Waals surface area (Å²) in [6.07, 6.45) is 0. The highest BCUT2D eigenvalue weighted by Gasteiger charge is 2.04. The lowest BCUT2D eigenvalue weighted by molar-refractivity contribution is 0.357. The van der Waals surface area contributed by atoms with Gasteiger partial charge in [0.15, 0.2) is 0 Å². The molecule has 0 unspecified atom stereocenters. The molecule has 0 spiro atoms. The minimum Gasteiger partial charge on any atom is -0.487 e. The maximum absolute atomic E-state index is 12.7. The van der Waals surface area contributed by atoms with Gasteiger partial charge in [-0.05, 0) is 18.2 Å². The fraction of sp³-hybridized carbons (Fsp3) is 0.100. The van der Waals surface area contributed by atoms with Crippen molar-refractivity contribution in [2.45, 2.75) is 0 Å². The Bertz CT molecular complexity index is 398. The van der Waals surface area contributed by atoms with Crippen LogP contribution in [0.4, 0.5) is 4.39 Å². The molecule has 0 saturated heterocycles. The Morgan fingerprint density at radius 2 is 2.36 bits per heavy atom. The molecule has 0 radical (unpaired) electrons. The molecule has 0 heterocycles. The van der Waals surface area contributed by atoms with Crippen molar-refractivity contribution in [1.29, 1.82) is 5.26 Å². The molecule has 72 valence electrons. The van der Waals surface area contributed by atoms with E-state index in [-0.39, 0.29) is 12.2 Å². The predicted octanol–water partition coefficient (Wildman–Crippen LogP) is 2.83. The fourth-order valence-electron chi connectivity index (χ4n) is 0.872. The van der Waals surface area contributed by atoms with Crippen molar-refractivity contribution in [2.24, 2.45) is 0 Å². The second-order valence-electron chi connectivity index (χ2n) is 2.56. The number of benzene rings is 1. The van der Waals surface area contributed by atoms with Crippen LogP contribution in [-0.2, 0) is 0 Å². The number of nitrogens with zero attached hydrogens (tertiary/aromatic N) is 1. The quantitative estimate of drug-likeness (QED) is 0.770. The van der Waals surface area contributed by atoms with Crippen LogP contribution in [0, 0.1) is 17.1 Å². The van der Waals surface area contributed by atoms with Gasteiger partial charge in [-0.1, -0.05) is 18.2 Å². The largest absolute Gasteiger partial charge is 0.487 e. The van der Waals surface area contributed by atoms with Gasteiger partial charge in [0.05, 0.1) is 5.56 Å². The molecule has 1 aromatic rings. The van der Waals surface area contributed by atoms with E-state index in [1.807, 2.05) is 6.07 Å². The highest BCUT2D eigenvalue weighted by molar-refractivity contribution is 6.29. The minimum atomic E-state index is -0.474. The fourth-order valence-corrected chi connectivity index (χ4v) is 0.926. The molecule has 1 rings (SSSR count). The zero-order chi connectivity index (χ0) is 10.6. The Labute approximate surface area is 86.2 Å². The van der Waals surface area contributed by atoms with E-state index in [9.17, 15) is 4.39 Å². The van der Waals surface area contributed by atoms with Gasteiger partial charge in [-0.15, -0.1) is 0 Å². The monoisotopic (exact) mass is 211 g/mol. The molecule has 0 saturated carbocycles. The third-order valence-electron chi connectivity index (χ3n) is 1.45. The molecule has 0 aliphatic heterocycles. The van der Waals surface area contributed by atoms with Crippen LogP contribution >= 0.6 is 11.6 Å². The second kappa shape index (κ2) is 4.64. The van der Waals surface area contributed by atoms with Crippen LogP contribution in [0.25, 0.3) is 0 Å². The van der Waals surface area contributed by atoms with Crippen molar-refractivity contribution < 1.29 is 9.13 Å². The number of nitriles is 1. The summed E-state index contributed by atoms with van der Waals surface area (Å²) in [5, 5.41) is 8.97. The van der Waals surface area contributed by atoms with Gasteiger partial charge >= 0.3 is 0 Å². The van der Waals surface area contributed by atoms with Gasteiger partial charge in [-0.25, -0.2) is 4.39 Å². The summed E-state index contributed by atoms with van der Waals surface area (Å²) >= 11 is 5.48. The first-order valence-electron chi connectivity index (χ1n) is 3.79. The average Bonchev–Trinajstić information content (AvgIpc) is 2.15. The summed E-state index contributed by atoms with van der Waals surface area (Å²) in [5.74, 6) is -0.172. The lowest BCUT2D eigenvalue weighted by atomic mass is 10.2. The van der Waals surface area contributed by atoms with E-state index in [2.05, 4.69) is 6.58 Å². The first-order valence-corrected chi connectivity index (χ1v) is 4.17. The van der Waals surface area contributed by atoms with Crippen molar-refractivity contribution in [3.05, 3.63) is 41.2 Å². The number of rotatable bonds is 3. The van der Waals surface area contributed by atoms with Crippen molar-refractivity contribution in [3.8, 4) is 11.8 Å². The summed E-state index contributed by atoms with van der Waals surface area (Å²) in [6, 6.07) is 5.52. The molecule has 0 fully saturated rings. The molecule has 1 aromatic carbocycles. The number of hydrogen-bond donors (Lipinski definition) is 0. The summed E-state index contributed by atoms with van der Waals surface area (Å²) in [5.41, 5.74) is 0.142. The zero-order valence-electron chi connectivity index (χ0n) is 7.26. The third kappa shape index (κ3) is 2.75. The second-order valence-corrected chi connectivity index (χ2v) is 3.09. The molecule has 0 atom stereocenters. The van der Waals surface area contributed by atoms with E-state index >= 15 is 0 Å². The first-order chi connectivity index (χ1) is 6.63. The number of halogens is 2. The molecule has 0 amide bonds. The van der Waals surface area contributed by atoms with Crippen molar-refractivity contribution in [2.75, 3.05) is 6.61 Å². The van der Waals surface area contributed by atoms with E-state index in [0.717, 1.165) is 6.07 Å². The van der Waals surface area contributed by atoms with Gasteiger partial charge in [0.1, 0.15) is 24.2 Å². The average molecular weight is 212 g/mol. The summed E-state index contributed by atoms with van der Waals surface area (Å²) in [4.78, 5) is 0. The number of hydrogen-bond acceptors (Lipinski definition) is 2. The van der Waals surface area contributed by atoms with Gasteiger partial charge in [0.2, 0.25) is 0 Å². The molecule has 14 heavy (non-hydrogen) atoms. The van der Waals surface area contributed by atoms with Gasteiger partial charge in [0.25, 0.3) is 0 Å². The van der Waals surface area contributed by atoms with Crippen LogP contribution in [0.3, 0.4) is 0 Å². The molecule has 2 nitrogen and oxygen atoms in total. The van der Waals surface area contributed by atoms with E-state index in [4.69, 9.17) is 21.6 Å². The van der Waals surface area contributed by atoms with Crippen LogP contribution in [-0.4, -0.2) is 6.61 Å². The zero-order valence-corrected chi connectivity index (χ0v) is 8.01.